The van der Waals surface area contributed by atoms with E-state index in [1.54, 1.807) is 12.4 Å². The second-order valence-corrected chi connectivity index (χ2v) is 5.52. The van der Waals surface area contributed by atoms with Crippen molar-refractivity contribution in [3.63, 3.8) is 0 Å². The van der Waals surface area contributed by atoms with E-state index in [2.05, 4.69) is 9.97 Å². The van der Waals surface area contributed by atoms with Gasteiger partial charge in [0, 0.05) is 12.8 Å². The van der Waals surface area contributed by atoms with Crippen molar-refractivity contribution in [2.75, 3.05) is 20.1 Å². The quantitative estimate of drug-likeness (QED) is 0.476. The summed E-state index contributed by atoms with van der Waals surface area (Å²) in [5.74, 6) is -0.278. The standard InChI is InChI=1S/C13H19N7O4/c1-16(6-2-8-17-10-4-14-12(17)19(21)22)7-3-9-18-11-5-15-13(18)20(23)24/h4-5,10-11H,2-3,6-9H2,1H3/p+1. The Morgan fingerprint density at radius 1 is 0.958 bits per heavy atom. The molecular weight excluding hydrogens is 318 g/mol. The summed E-state index contributed by atoms with van der Waals surface area (Å²) in [6.45, 7) is 2.78. The first-order valence-corrected chi connectivity index (χ1v) is 7.61. The zero-order valence-corrected chi connectivity index (χ0v) is 13.4. The van der Waals surface area contributed by atoms with Gasteiger partial charge in [-0.1, -0.05) is 9.97 Å². The minimum atomic E-state index is -0.491. The maximum absolute atomic E-state index is 10.8. The molecule has 0 fully saturated rings. The van der Waals surface area contributed by atoms with Crippen molar-refractivity contribution in [3.05, 3.63) is 45.0 Å². The Morgan fingerprint density at radius 2 is 1.38 bits per heavy atom. The van der Waals surface area contributed by atoms with E-state index in [4.69, 9.17) is 0 Å². The van der Waals surface area contributed by atoms with Crippen LogP contribution in [0, 0.1) is 20.2 Å². The molecule has 0 aliphatic carbocycles. The molecule has 24 heavy (non-hydrogen) atoms. The van der Waals surface area contributed by atoms with Crippen molar-refractivity contribution < 1.29 is 14.7 Å². The Bertz CT molecular complexity index is 638. The van der Waals surface area contributed by atoms with Gasteiger partial charge in [0.2, 0.25) is 0 Å². The van der Waals surface area contributed by atoms with E-state index in [-0.39, 0.29) is 11.9 Å². The fraction of sp³-hybridized carbons (Fsp3) is 0.538. The largest absolute Gasteiger partial charge is 0.434 e. The Balaban J connectivity index is 1.69. The minimum absolute atomic E-state index is 0.139. The predicted molar refractivity (Wildman–Crippen MR) is 83.6 cm³/mol. The van der Waals surface area contributed by atoms with Gasteiger partial charge in [0.25, 0.3) is 0 Å². The van der Waals surface area contributed by atoms with Crippen LogP contribution in [0.25, 0.3) is 0 Å². The number of rotatable bonds is 10. The van der Waals surface area contributed by atoms with Gasteiger partial charge in [-0.25, -0.2) is 9.13 Å². The van der Waals surface area contributed by atoms with Crippen molar-refractivity contribution in [2.45, 2.75) is 25.9 Å². The normalized spacial score (nSPS) is 11.1. The molecule has 0 saturated heterocycles. The maximum Gasteiger partial charge on any atom is 0.434 e. The Morgan fingerprint density at radius 3 is 1.75 bits per heavy atom. The van der Waals surface area contributed by atoms with Crippen LogP contribution >= 0.6 is 0 Å². The highest BCUT2D eigenvalue weighted by molar-refractivity contribution is 5.06. The van der Waals surface area contributed by atoms with Gasteiger partial charge in [0.15, 0.2) is 0 Å². The van der Waals surface area contributed by atoms with Gasteiger partial charge < -0.3 is 25.1 Å². The number of aryl methyl sites for hydroxylation is 2. The maximum atomic E-state index is 10.8. The van der Waals surface area contributed by atoms with E-state index in [0.717, 1.165) is 25.9 Å². The van der Waals surface area contributed by atoms with Crippen molar-refractivity contribution in [1.82, 2.24) is 19.1 Å². The highest BCUT2D eigenvalue weighted by atomic mass is 16.6. The molecule has 2 heterocycles. The monoisotopic (exact) mass is 338 g/mol. The molecule has 11 nitrogen and oxygen atoms in total. The fourth-order valence-corrected chi connectivity index (χ4v) is 2.52. The van der Waals surface area contributed by atoms with Gasteiger partial charge in [-0.05, 0) is 9.85 Å². The van der Waals surface area contributed by atoms with Crippen LogP contribution in [0.4, 0.5) is 11.9 Å². The molecule has 2 rings (SSSR count). The Kier molecular flexibility index (Phi) is 5.95. The highest BCUT2D eigenvalue weighted by Gasteiger charge is 2.15. The zero-order chi connectivity index (χ0) is 17.5. The molecule has 0 bridgehead atoms. The van der Waals surface area contributed by atoms with Gasteiger partial charge in [0.05, 0.1) is 33.2 Å². The lowest BCUT2D eigenvalue weighted by Gasteiger charge is -2.13. The molecule has 0 spiro atoms. The molecule has 0 unspecified atom stereocenters. The summed E-state index contributed by atoms with van der Waals surface area (Å²) in [5, 5.41) is 21.5. The SMILES string of the molecule is C[NH+](CCCn1ccnc1[N+](=O)[O-])CCCn1ccnc1[N+](=O)[O-]. The van der Waals surface area contributed by atoms with Gasteiger partial charge in [-0.15, -0.1) is 0 Å². The van der Waals surface area contributed by atoms with Gasteiger partial charge in [-0.2, -0.15) is 0 Å². The zero-order valence-electron chi connectivity index (χ0n) is 13.4. The van der Waals surface area contributed by atoms with Crippen molar-refractivity contribution in [2.24, 2.45) is 0 Å². The van der Waals surface area contributed by atoms with Crippen LogP contribution in [0.1, 0.15) is 12.8 Å². The number of nitrogens with one attached hydrogen (secondary N) is 1. The third-order valence-corrected chi connectivity index (χ3v) is 3.72. The molecule has 0 atom stereocenters. The lowest BCUT2D eigenvalue weighted by molar-refractivity contribution is -0.880. The number of hydrogen-bond acceptors (Lipinski definition) is 6. The molecule has 1 N–H and O–H groups in total. The molecule has 2 aromatic heterocycles. The first-order valence-electron chi connectivity index (χ1n) is 7.61. The number of nitro groups is 2. The first kappa shape index (κ1) is 17.5. The van der Waals surface area contributed by atoms with E-state index in [1.165, 1.54) is 26.4 Å². The first-order chi connectivity index (χ1) is 11.5. The molecular formula is C13H20N7O4+. The Hall–Kier alpha value is -2.82. The predicted octanol–water partition coefficient (Wildman–Crippen LogP) is -0.109. The summed E-state index contributed by atoms with van der Waals surface area (Å²) in [7, 11) is 2.03. The molecule has 130 valence electrons. The number of hydrogen-bond donors (Lipinski definition) is 1. The molecule has 0 aromatic carbocycles. The van der Waals surface area contributed by atoms with Crippen LogP contribution in [0.2, 0.25) is 0 Å². The summed E-state index contributed by atoms with van der Waals surface area (Å²) < 4.78 is 3.06. The number of aromatic nitrogens is 4. The van der Waals surface area contributed by atoms with Gasteiger partial charge in [-0.3, -0.25) is 0 Å². The summed E-state index contributed by atoms with van der Waals surface area (Å²) in [4.78, 5) is 29.2. The minimum Gasteiger partial charge on any atom is -0.390 e. The van der Waals surface area contributed by atoms with E-state index < -0.39 is 9.85 Å². The molecule has 0 saturated carbocycles. The van der Waals surface area contributed by atoms with Crippen LogP contribution in [-0.2, 0) is 13.1 Å². The smallest absolute Gasteiger partial charge is 0.390 e. The lowest BCUT2D eigenvalue weighted by Crippen LogP contribution is -3.09. The number of imidazole rings is 2. The average Bonchev–Trinajstić information content (AvgIpc) is 3.16. The summed E-state index contributed by atoms with van der Waals surface area (Å²) in [6, 6.07) is 0. The topological polar surface area (TPSA) is 126 Å². The number of quaternary nitrogens is 1. The van der Waals surface area contributed by atoms with E-state index in [9.17, 15) is 20.2 Å². The third kappa shape index (κ3) is 4.59. The van der Waals surface area contributed by atoms with Crippen molar-refractivity contribution >= 4 is 11.9 Å². The molecule has 11 heteroatoms. The van der Waals surface area contributed by atoms with Crippen molar-refractivity contribution in [1.29, 1.82) is 0 Å². The summed E-state index contributed by atoms with van der Waals surface area (Å²) >= 11 is 0. The molecule has 0 aliphatic rings. The van der Waals surface area contributed by atoms with E-state index in [0.29, 0.717) is 13.1 Å². The fourth-order valence-electron chi connectivity index (χ4n) is 2.52. The highest BCUT2D eigenvalue weighted by Crippen LogP contribution is 2.08. The third-order valence-electron chi connectivity index (χ3n) is 3.72. The lowest BCUT2D eigenvalue weighted by atomic mass is 10.3. The molecule has 0 radical (unpaired) electrons. The van der Waals surface area contributed by atoms with Gasteiger partial charge in [0.1, 0.15) is 24.8 Å². The average molecular weight is 338 g/mol. The van der Waals surface area contributed by atoms with Crippen molar-refractivity contribution in [3.8, 4) is 0 Å². The summed E-state index contributed by atoms with van der Waals surface area (Å²) in [5.41, 5.74) is 0. The van der Waals surface area contributed by atoms with Crippen LogP contribution in [0.15, 0.2) is 24.8 Å². The second-order valence-electron chi connectivity index (χ2n) is 5.52. The molecule has 2 aromatic rings. The summed E-state index contributed by atoms with van der Waals surface area (Å²) in [6.07, 6.45) is 7.62. The van der Waals surface area contributed by atoms with E-state index >= 15 is 0 Å². The molecule has 0 aliphatic heterocycles. The van der Waals surface area contributed by atoms with Crippen LogP contribution < -0.4 is 4.90 Å². The van der Waals surface area contributed by atoms with E-state index in [1.807, 2.05) is 7.05 Å². The second kappa shape index (κ2) is 8.15. The number of nitrogens with zero attached hydrogens (tertiary/aromatic N) is 6. The van der Waals surface area contributed by atoms with Crippen LogP contribution in [0.5, 0.6) is 0 Å². The van der Waals surface area contributed by atoms with Gasteiger partial charge >= 0.3 is 11.9 Å². The van der Waals surface area contributed by atoms with Crippen LogP contribution in [0.3, 0.4) is 0 Å². The Labute approximate surface area is 137 Å². The van der Waals surface area contributed by atoms with Crippen LogP contribution in [-0.4, -0.2) is 49.1 Å². The molecule has 0 amide bonds.